The van der Waals surface area contributed by atoms with Crippen LogP contribution in [0.15, 0.2) is 22.3 Å². The van der Waals surface area contributed by atoms with E-state index in [4.69, 9.17) is 20.9 Å². The Morgan fingerprint density at radius 3 is 2.18 bits per heavy atom. The molecule has 0 fully saturated rings. The first-order valence-corrected chi connectivity index (χ1v) is 3.62. The Hall–Kier alpha value is -0.840. The van der Waals surface area contributed by atoms with Gasteiger partial charge in [-0.3, -0.25) is 0 Å². The maximum atomic E-state index is 5.40. The summed E-state index contributed by atoms with van der Waals surface area (Å²) in [5.41, 5.74) is 10.6. The number of ether oxygens (including phenoxy) is 2. The number of hydrogen-bond acceptors (Lipinski definition) is 4. The Kier molecular flexibility index (Phi) is 4.52. The summed E-state index contributed by atoms with van der Waals surface area (Å²) in [4.78, 5) is 0. The molecule has 0 unspecified atom stereocenters. The van der Waals surface area contributed by atoms with E-state index in [1.807, 2.05) is 0 Å². The highest BCUT2D eigenvalue weighted by Gasteiger charge is 2.05. The second kappa shape index (κ2) is 4.90. The molecule has 0 spiro atoms. The molecular formula is C6H11BrN2O2. The summed E-state index contributed by atoms with van der Waals surface area (Å²) in [6, 6.07) is 0. The summed E-state index contributed by atoms with van der Waals surface area (Å²) in [5, 5.41) is 0. The summed E-state index contributed by atoms with van der Waals surface area (Å²) in [6.45, 7) is 0. The minimum absolute atomic E-state index is 0.226. The highest BCUT2D eigenvalue weighted by molar-refractivity contribution is 9.12. The monoisotopic (exact) mass is 222 g/mol. The normalized spacial score (nSPS) is 13.9. The number of halogens is 1. The lowest BCUT2D eigenvalue weighted by Gasteiger charge is -2.06. The van der Waals surface area contributed by atoms with Gasteiger partial charge in [0.25, 0.3) is 0 Å². The molecule has 0 aliphatic carbocycles. The van der Waals surface area contributed by atoms with Crippen LogP contribution in [0.1, 0.15) is 0 Å². The van der Waals surface area contributed by atoms with Gasteiger partial charge in [-0.05, 0) is 15.9 Å². The molecule has 0 saturated heterocycles. The van der Waals surface area contributed by atoms with Crippen LogP contribution >= 0.6 is 15.9 Å². The molecule has 0 radical (unpaired) electrons. The van der Waals surface area contributed by atoms with Crippen LogP contribution in [0.2, 0.25) is 0 Å². The predicted molar refractivity (Wildman–Crippen MR) is 46.4 cm³/mol. The zero-order valence-electron chi connectivity index (χ0n) is 6.43. The van der Waals surface area contributed by atoms with E-state index in [-0.39, 0.29) is 5.88 Å². The van der Waals surface area contributed by atoms with Crippen molar-refractivity contribution in [2.75, 3.05) is 14.2 Å². The van der Waals surface area contributed by atoms with Gasteiger partial charge in [-0.2, -0.15) is 0 Å². The maximum Gasteiger partial charge on any atom is 0.202 e. The van der Waals surface area contributed by atoms with Crippen LogP contribution in [0.5, 0.6) is 0 Å². The van der Waals surface area contributed by atoms with Crippen molar-refractivity contribution in [3.05, 3.63) is 22.3 Å². The van der Waals surface area contributed by atoms with Crippen molar-refractivity contribution < 1.29 is 9.47 Å². The van der Waals surface area contributed by atoms with Crippen LogP contribution in [0.4, 0.5) is 0 Å². The summed E-state index contributed by atoms with van der Waals surface area (Å²) in [5.74, 6) is 0.660. The number of nitrogens with two attached hydrogens (primary N) is 2. The predicted octanol–water partition coefficient (Wildman–Crippen LogP) is 0.602. The molecule has 11 heavy (non-hydrogen) atoms. The quantitative estimate of drug-likeness (QED) is 0.543. The van der Waals surface area contributed by atoms with Gasteiger partial charge in [0.1, 0.15) is 4.48 Å². The van der Waals surface area contributed by atoms with Crippen molar-refractivity contribution in [2.45, 2.75) is 0 Å². The molecule has 0 aromatic carbocycles. The van der Waals surface area contributed by atoms with Gasteiger partial charge in [0.05, 0.1) is 14.2 Å². The van der Waals surface area contributed by atoms with Gasteiger partial charge in [-0.25, -0.2) is 0 Å². The van der Waals surface area contributed by atoms with E-state index in [0.717, 1.165) is 0 Å². The molecule has 0 aromatic heterocycles. The minimum Gasteiger partial charge on any atom is -0.494 e. The van der Waals surface area contributed by atoms with Gasteiger partial charge >= 0.3 is 0 Å². The molecule has 0 aliphatic rings. The van der Waals surface area contributed by atoms with Gasteiger partial charge in [-0.1, -0.05) is 0 Å². The molecular weight excluding hydrogens is 212 g/mol. The minimum atomic E-state index is 0.226. The molecule has 0 atom stereocenters. The smallest absolute Gasteiger partial charge is 0.202 e. The van der Waals surface area contributed by atoms with E-state index >= 15 is 0 Å². The van der Waals surface area contributed by atoms with E-state index < -0.39 is 0 Å². The fourth-order valence-corrected chi connectivity index (χ4v) is 0.898. The molecule has 0 bridgehead atoms. The highest BCUT2D eigenvalue weighted by atomic mass is 79.9. The van der Waals surface area contributed by atoms with E-state index in [0.29, 0.717) is 10.2 Å². The zero-order valence-corrected chi connectivity index (χ0v) is 8.01. The Morgan fingerprint density at radius 1 is 1.36 bits per heavy atom. The van der Waals surface area contributed by atoms with Crippen molar-refractivity contribution >= 4 is 15.9 Å². The van der Waals surface area contributed by atoms with Crippen molar-refractivity contribution in [1.29, 1.82) is 0 Å². The van der Waals surface area contributed by atoms with E-state index in [1.165, 1.54) is 20.4 Å². The third kappa shape index (κ3) is 2.71. The highest BCUT2D eigenvalue weighted by Crippen LogP contribution is 2.18. The van der Waals surface area contributed by atoms with Crippen LogP contribution in [0.25, 0.3) is 0 Å². The zero-order chi connectivity index (χ0) is 8.85. The van der Waals surface area contributed by atoms with E-state index in [2.05, 4.69) is 15.9 Å². The van der Waals surface area contributed by atoms with Crippen molar-refractivity contribution in [1.82, 2.24) is 0 Å². The number of rotatable bonds is 3. The van der Waals surface area contributed by atoms with Gasteiger partial charge in [0, 0.05) is 6.20 Å². The second-order valence-corrected chi connectivity index (χ2v) is 2.41. The summed E-state index contributed by atoms with van der Waals surface area (Å²) in [6.07, 6.45) is 1.29. The molecule has 64 valence electrons. The lowest BCUT2D eigenvalue weighted by atomic mass is 10.5. The van der Waals surface area contributed by atoms with Crippen LogP contribution in [-0.2, 0) is 9.47 Å². The average Bonchev–Trinajstić information content (AvgIpc) is 2.05. The van der Waals surface area contributed by atoms with Crippen LogP contribution in [0, 0.1) is 0 Å². The summed E-state index contributed by atoms with van der Waals surface area (Å²) >= 11 is 3.15. The standard InChI is InChI=1S/C6H11BrN2O2/c1-10-4(3-8)5(7)6(9)11-2/h3H,8-9H2,1-2H3/b4-3+,6-5-. The largest absolute Gasteiger partial charge is 0.494 e. The summed E-state index contributed by atoms with van der Waals surface area (Å²) in [7, 11) is 2.95. The first-order chi connectivity index (χ1) is 5.17. The average molecular weight is 223 g/mol. The fraction of sp³-hybridized carbons (Fsp3) is 0.333. The van der Waals surface area contributed by atoms with Gasteiger partial charge in [0.2, 0.25) is 5.88 Å². The lowest BCUT2D eigenvalue weighted by Crippen LogP contribution is -2.04. The molecule has 4 N–H and O–H groups in total. The molecule has 0 aromatic rings. The molecule has 5 heteroatoms. The first kappa shape index (κ1) is 10.2. The topological polar surface area (TPSA) is 70.5 Å². The lowest BCUT2D eigenvalue weighted by molar-refractivity contribution is 0.270. The molecule has 0 rings (SSSR count). The number of methoxy groups -OCH3 is 2. The molecule has 0 saturated carbocycles. The second-order valence-electron chi connectivity index (χ2n) is 1.62. The molecule has 0 heterocycles. The Bertz CT molecular complexity index is 189. The number of allylic oxidation sites excluding steroid dienone is 1. The molecule has 4 nitrogen and oxygen atoms in total. The van der Waals surface area contributed by atoms with Crippen LogP contribution < -0.4 is 11.5 Å². The third-order valence-corrected chi connectivity index (χ3v) is 1.81. The van der Waals surface area contributed by atoms with Crippen molar-refractivity contribution in [2.24, 2.45) is 11.5 Å². The van der Waals surface area contributed by atoms with E-state index in [1.54, 1.807) is 0 Å². The van der Waals surface area contributed by atoms with Gasteiger partial charge < -0.3 is 20.9 Å². The van der Waals surface area contributed by atoms with Crippen LogP contribution in [-0.4, -0.2) is 14.2 Å². The molecule has 0 amide bonds. The Labute approximate surface area is 74.0 Å². The Morgan fingerprint density at radius 2 is 1.91 bits per heavy atom. The third-order valence-electron chi connectivity index (χ3n) is 1.02. The first-order valence-electron chi connectivity index (χ1n) is 2.82. The fourth-order valence-electron chi connectivity index (χ4n) is 0.442. The van der Waals surface area contributed by atoms with E-state index in [9.17, 15) is 0 Å². The van der Waals surface area contributed by atoms with Gasteiger partial charge in [0.15, 0.2) is 5.76 Å². The Balaban J connectivity index is 4.57. The van der Waals surface area contributed by atoms with Crippen molar-refractivity contribution in [3.8, 4) is 0 Å². The molecule has 0 aliphatic heterocycles. The maximum absolute atomic E-state index is 5.40. The SMILES string of the molecule is CO/C(N)=C(Br)/C(=C\N)OC. The van der Waals surface area contributed by atoms with Crippen LogP contribution in [0.3, 0.4) is 0 Å². The summed E-state index contributed by atoms with van der Waals surface area (Å²) < 4.78 is 10.1. The van der Waals surface area contributed by atoms with Crippen molar-refractivity contribution in [3.63, 3.8) is 0 Å². The van der Waals surface area contributed by atoms with Gasteiger partial charge in [-0.15, -0.1) is 0 Å². The number of hydrogen-bond donors (Lipinski definition) is 2.